The minimum Gasteiger partial charge on any atom is -0.462 e. The Kier molecular flexibility index (Phi) is 5.86. The summed E-state index contributed by atoms with van der Waals surface area (Å²) >= 11 is 2.70. The Morgan fingerprint density at radius 3 is 2.74 bits per heavy atom. The van der Waals surface area contributed by atoms with Crippen molar-refractivity contribution in [1.29, 1.82) is 0 Å². The average molecular weight is 405 g/mol. The molecule has 27 heavy (non-hydrogen) atoms. The molecule has 6 nitrogen and oxygen atoms in total. The van der Waals surface area contributed by atoms with Gasteiger partial charge in [-0.1, -0.05) is 12.1 Å². The standard InChI is InChI=1S/C19H20N2O4S2/c1-4-25-19(24)16-10(2)11(3)26-18(16)21-15(22)9-14-17(23)20-12-7-5-6-8-13(12)27-14/h5-8,14H,4,9H2,1-3H3,(H,20,23)(H,21,22). The zero-order valence-electron chi connectivity index (χ0n) is 15.3. The van der Waals surface area contributed by atoms with Crippen LogP contribution >= 0.6 is 23.1 Å². The molecule has 1 aliphatic heterocycles. The van der Waals surface area contributed by atoms with Crippen LogP contribution in [0.2, 0.25) is 0 Å². The van der Waals surface area contributed by atoms with Crippen LogP contribution in [0.3, 0.4) is 0 Å². The van der Waals surface area contributed by atoms with E-state index in [1.54, 1.807) is 6.92 Å². The number of amides is 2. The summed E-state index contributed by atoms with van der Waals surface area (Å²) in [5.41, 5.74) is 1.95. The van der Waals surface area contributed by atoms with Crippen molar-refractivity contribution in [1.82, 2.24) is 0 Å². The van der Waals surface area contributed by atoms with E-state index in [0.717, 1.165) is 21.0 Å². The van der Waals surface area contributed by atoms with E-state index in [0.29, 0.717) is 10.6 Å². The molecule has 2 amide bonds. The van der Waals surface area contributed by atoms with Gasteiger partial charge >= 0.3 is 5.97 Å². The normalized spacial score (nSPS) is 15.7. The molecule has 8 heteroatoms. The van der Waals surface area contributed by atoms with E-state index in [4.69, 9.17) is 4.74 Å². The lowest BCUT2D eigenvalue weighted by Gasteiger charge is -2.23. The summed E-state index contributed by atoms with van der Waals surface area (Å²) < 4.78 is 5.10. The minimum atomic E-state index is -0.520. The topological polar surface area (TPSA) is 84.5 Å². The highest BCUT2D eigenvalue weighted by Crippen LogP contribution is 2.37. The highest BCUT2D eigenvalue weighted by Gasteiger charge is 2.30. The first kappa shape index (κ1) is 19.4. The van der Waals surface area contributed by atoms with Gasteiger partial charge in [-0.2, -0.15) is 0 Å². The predicted octanol–water partition coefficient (Wildman–Crippen LogP) is 3.98. The van der Waals surface area contributed by atoms with Gasteiger partial charge in [0, 0.05) is 16.2 Å². The van der Waals surface area contributed by atoms with E-state index >= 15 is 0 Å². The molecule has 0 bridgehead atoms. The van der Waals surface area contributed by atoms with Crippen molar-refractivity contribution in [2.45, 2.75) is 37.3 Å². The molecule has 0 spiro atoms. The Bertz CT molecular complexity index is 907. The Morgan fingerprint density at radius 2 is 2.00 bits per heavy atom. The Hall–Kier alpha value is -2.32. The first-order valence-electron chi connectivity index (χ1n) is 8.54. The van der Waals surface area contributed by atoms with Crippen LogP contribution in [0.25, 0.3) is 0 Å². The fraction of sp³-hybridized carbons (Fsp3) is 0.316. The van der Waals surface area contributed by atoms with Crippen LogP contribution in [0, 0.1) is 13.8 Å². The number of thiophene rings is 1. The van der Waals surface area contributed by atoms with Crippen molar-refractivity contribution in [3.63, 3.8) is 0 Å². The Morgan fingerprint density at radius 1 is 1.26 bits per heavy atom. The molecule has 1 unspecified atom stereocenters. The Labute approximate surface area is 165 Å². The number of para-hydroxylation sites is 1. The predicted molar refractivity (Wildman–Crippen MR) is 108 cm³/mol. The molecule has 2 N–H and O–H groups in total. The third kappa shape index (κ3) is 4.17. The van der Waals surface area contributed by atoms with Gasteiger partial charge in [-0.05, 0) is 38.5 Å². The molecule has 1 aromatic heterocycles. The fourth-order valence-corrected chi connectivity index (χ4v) is 4.91. The molecule has 2 aromatic rings. The van der Waals surface area contributed by atoms with Gasteiger partial charge in [-0.3, -0.25) is 9.59 Å². The van der Waals surface area contributed by atoms with Gasteiger partial charge in [0.25, 0.3) is 0 Å². The maximum atomic E-state index is 12.5. The van der Waals surface area contributed by atoms with E-state index in [-0.39, 0.29) is 24.8 Å². The molecular formula is C19H20N2O4S2. The van der Waals surface area contributed by atoms with Crippen molar-refractivity contribution in [3.05, 3.63) is 40.3 Å². The summed E-state index contributed by atoms with van der Waals surface area (Å²) in [7, 11) is 0. The quantitative estimate of drug-likeness (QED) is 0.737. The zero-order chi connectivity index (χ0) is 19.6. The smallest absolute Gasteiger partial charge is 0.341 e. The molecule has 0 aliphatic carbocycles. The Balaban J connectivity index is 1.73. The molecule has 0 fully saturated rings. The van der Waals surface area contributed by atoms with Crippen molar-refractivity contribution in [2.24, 2.45) is 0 Å². The number of nitrogens with one attached hydrogen (secondary N) is 2. The molecule has 0 saturated heterocycles. The number of anilines is 2. The largest absolute Gasteiger partial charge is 0.462 e. The lowest BCUT2D eigenvalue weighted by Crippen LogP contribution is -2.32. The van der Waals surface area contributed by atoms with Crippen LogP contribution < -0.4 is 10.6 Å². The van der Waals surface area contributed by atoms with Gasteiger partial charge in [0.2, 0.25) is 11.8 Å². The van der Waals surface area contributed by atoms with Gasteiger partial charge in [-0.15, -0.1) is 23.1 Å². The second-order valence-corrected chi connectivity index (χ2v) is 8.52. The number of fused-ring (bicyclic) bond motifs is 1. The first-order valence-corrected chi connectivity index (χ1v) is 10.2. The van der Waals surface area contributed by atoms with Crippen molar-refractivity contribution in [2.75, 3.05) is 17.2 Å². The van der Waals surface area contributed by atoms with Crippen LogP contribution in [0.15, 0.2) is 29.2 Å². The van der Waals surface area contributed by atoms with E-state index in [1.165, 1.54) is 23.1 Å². The third-order valence-corrected chi connectivity index (χ3v) is 6.59. The van der Waals surface area contributed by atoms with Crippen LogP contribution in [0.4, 0.5) is 10.7 Å². The van der Waals surface area contributed by atoms with Gasteiger partial charge < -0.3 is 15.4 Å². The van der Waals surface area contributed by atoms with Gasteiger partial charge in [-0.25, -0.2) is 4.79 Å². The van der Waals surface area contributed by atoms with Crippen molar-refractivity contribution >= 4 is 51.6 Å². The molecule has 1 aromatic carbocycles. The maximum Gasteiger partial charge on any atom is 0.341 e. The second-order valence-electron chi connectivity index (χ2n) is 6.05. The third-order valence-electron chi connectivity index (χ3n) is 4.20. The summed E-state index contributed by atoms with van der Waals surface area (Å²) in [6.45, 7) is 5.72. The molecule has 1 atom stereocenters. The maximum absolute atomic E-state index is 12.5. The zero-order valence-corrected chi connectivity index (χ0v) is 16.9. The summed E-state index contributed by atoms with van der Waals surface area (Å²) in [6.07, 6.45) is 0.0170. The van der Waals surface area contributed by atoms with Crippen LogP contribution in [0.5, 0.6) is 0 Å². The lowest BCUT2D eigenvalue weighted by atomic mass is 10.1. The molecule has 2 heterocycles. The fourth-order valence-electron chi connectivity index (χ4n) is 2.74. The lowest BCUT2D eigenvalue weighted by molar-refractivity contribution is -0.120. The number of hydrogen-bond acceptors (Lipinski definition) is 6. The number of hydrogen-bond donors (Lipinski definition) is 2. The molecule has 0 saturated carbocycles. The van der Waals surface area contributed by atoms with E-state index in [2.05, 4.69) is 10.6 Å². The number of rotatable bonds is 5. The molecule has 142 valence electrons. The number of thioether (sulfide) groups is 1. The number of ether oxygens (including phenoxy) is 1. The highest BCUT2D eigenvalue weighted by atomic mass is 32.2. The van der Waals surface area contributed by atoms with E-state index in [1.807, 2.05) is 38.1 Å². The van der Waals surface area contributed by atoms with Crippen LogP contribution in [-0.2, 0) is 14.3 Å². The van der Waals surface area contributed by atoms with Crippen LogP contribution in [-0.4, -0.2) is 29.6 Å². The van der Waals surface area contributed by atoms with Crippen molar-refractivity contribution < 1.29 is 19.1 Å². The first-order chi connectivity index (χ1) is 12.9. The summed E-state index contributed by atoms with van der Waals surface area (Å²) in [6, 6.07) is 7.49. The summed E-state index contributed by atoms with van der Waals surface area (Å²) in [5.74, 6) is -0.958. The molecular weight excluding hydrogens is 384 g/mol. The van der Waals surface area contributed by atoms with Crippen molar-refractivity contribution in [3.8, 4) is 0 Å². The van der Waals surface area contributed by atoms with E-state index in [9.17, 15) is 14.4 Å². The monoisotopic (exact) mass is 404 g/mol. The van der Waals surface area contributed by atoms with Gasteiger partial charge in [0.15, 0.2) is 0 Å². The summed E-state index contributed by atoms with van der Waals surface area (Å²) in [5, 5.41) is 5.56. The highest BCUT2D eigenvalue weighted by molar-refractivity contribution is 8.01. The van der Waals surface area contributed by atoms with E-state index < -0.39 is 11.2 Å². The number of carbonyl (C=O) groups is 3. The molecule has 3 rings (SSSR count). The molecule has 0 radical (unpaired) electrons. The van der Waals surface area contributed by atoms with Crippen LogP contribution in [0.1, 0.15) is 34.1 Å². The SMILES string of the molecule is CCOC(=O)c1c(NC(=O)CC2Sc3ccccc3NC2=O)sc(C)c1C. The minimum absolute atomic E-state index is 0.0170. The van der Waals surface area contributed by atoms with Gasteiger partial charge in [0.1, 0.15) is 5.00 Å². The number of aryl methyl sites for hydroxylation is 1. The molecule has 1 aliphatic rings. The van der Waals surface area contributed by atoms with Gasteiger partial charge in [0.05, 0.1) is 23.1 Å². The number of carbonyl (C=O) groups excluding carboxylic acids is 3. The number of benzene rings is 1. The average Bonchev–Trinajstić information content (AvgIpc) is 2.89. The second kappa shape index (κ2) is 8.14. The number of esters is 1. The summed E-state index contributed by atoms with van der Waals surface area (Å²) in [4.78, 5) is 38.9.